The number of carbonyl (C=O) groups is 2. The van der Waals surface area contributed by atoms with Crippen LogP contribution in [0.1, 0.15) is 26.4 Å². The Labute approximate surface area is 127 Å². The lowest BCUT2D eigenvalue weighted by Gasteiger charge is -2.12. The van der Waals surface area contributed by atoms with E-state index in [1.54, 1.807) is 0 Å². The van der Waals surface area contributed by atoms with Gasteiger partial charge in [-0.3, -0.25) is 14.6 Å². The number of halogens is 4. The summed E-state index contributed by atoms with van der Waals surface area (Å²) in [5.41, 5.74) is 2.30. The lowest BCUT2D eigenvalue weighted by Crippen LogP contribution is -2.20. The molecule has 2 aromatic rings. The molecule has 9 heteroatoms. The van der Waals surface area contributed by atoms with E-state index in [1.807, 2.05) is 5.32 Å². The molecule has 5 nitrogen and oxygen atoms in total. The van der Waals surface area contributed by atoms with E-state index in [1.165, 1.54) is 0 Å². The molecule has 1 aromatic heterocycles. The monoisotopic (exact) mass is 327 g/mol. The molecule has 1 aromatic carbocycles. The number of nitrogens with one attached hydrogen (secondary N) is 1. The van der Waals surface area contributed by atoms with Crippen LogP contribution in [-0.2, 0) is 6.18 Å². The molecule has 0 aliphatic rings. The standard InChI is InChI=1S/C14H9F4N3O2/c15-9-6-7(12(19)22)3-4-10(9)21-13(23)8-2-1-5-20-11(8)14(16,17)18/h1-6H,(H2,19,22)(H,21,23). The predicted molar refractivity (Wildman–Crippen MR) is 72.1 cm³/mol. The van der Waals surface area contributed by atoms with Crippen molar-refractivity contribution in [3.05, 3.63) is 59.2 Å². The van der Waals surface area contributed by atoms with E-state index < -0.39 is 40.8 Å². The number of nitrogens with two attached hydrogens (primary N) is 1. The van der Waals surface area contributed by atoms with E-state index in [0.717, 1.165) is 36.5 Å². The molecule has 2 amide bonds. The van der Waals surface area contributed by atoms with Crippen molar-refractivity contribution >= 4 is 17.5 Å². The van der Waals surface area contributed by atoms with Crippen molar-refractivity contribution in [2.24, 2.45) is 5.73 Å². The highest BCUT2D eigenvalue weighted by Crippen LogP contribution is 2.30. The Kier molecular flexibility index (Phi) is 4.30. The Morgan fingerprint density at radius 3 is 2.43 bits per heavy atom. The zero-order valence-electron chi connectivity index (χ0n) is 11.3. The molecule has 0 saturated heterocycles. The summed E-state index contributed by atoms with van der Waals surface area (Å²) in [6.07, 6.45) is -3.94. The van der Waals surface area contributed by atoms with Gasteiger partial charge in [0.2, 0.25) is 5.91 Å². The second-order valence-corrected chi connectivity index (χ2v) is 4.41. The number of pyridine rings is 1. The van der Waals surface area contributed by atoms with Crippen LogP contribution < -0.4 is 11.1 Å². The smallest absolute Gasteiger partial charge is 0.366 e. The zero-order chi connectivity index (χ0) is 17.2. The van der Waals surface area contributed by atoms with Crippen molar-refractivity contribution in [1.82, 2.24) is 4.98 Å². The number of amides is 2. The lowest BCUT2D eigenvalue weighted by atomic mass is 10.1. The third-order valence-electron chi connectivity index (χ3n) is 2.82. The predicted octanol–water partition coefficient (Wildman–Crippen LogP) is 2.59. The Morgan fingerprint density at radius 2 is 1.87 bits per heavy atom. The van der Waals surface area contributed by atoms with E-state index in [9.17, 15) is 27.2 Å². The van der Waals surface area contributed by atoms with Gasteiger partial charge in [0.1, 0.15) is 5.82 Å². The summed E-state index contributed by atoms with van der Waals surface area (Å²) in [7, 11) is 0. The second kappa shape index (κ2) is 6.03. The molecule has 0 saturated carbocycles. The average Bonchev–Trinajstić information content (AvgIpc) is 2.48. The van der Waals surface area contributed by atoms with Crippen LogP contribution in [0.2, 0.25) is 0 Å². The first-order valence-electron chi connectivity index (χ1n) is 6.13. The third kappa shape index (κ3) is 3.62. The van der Waals surface area contributed by atoms with E-state index >= 15 is 0 Å². The molecule has 0 unspecified atom stereocenters. The molecule has 0 bridgehead atoms. The molecule has 0 atom stereocenters. The van der Waals surface area contributed by atoms with E-state index in [4.69, 9.17) is 5.73 Å². The van der Waals surface area contributed by atoms with Crippen molar-refractivity contribution in [2.45, 2.75) is 6.18 Å². The third-order valence-corrected chi connectivity index (χ3v) is 2.82. The maximum atomic E-state index is 13.8. The van der Waals surface area contributed by atoms with Gasteiger partial charge in [-0.05, 0) is 30.3 Å². The summed E-state index contributed by atoms with van der Waals surface area (Å²) in [4.78, 5) is 26.0. The van der Waals surface area contributed by atoms with Crippen LogP contribution in [0.4, 0.5) is 23.2 Å². The fraction of sp³-hybridized carbons (Fsp3) is 0.0714. The van der Waals surface area contributed by atoms with Crippen molar-refractivity contribution in [2.75, 3.05) is 5.32 Å². The molecule has 23 heavy (non-hydrogen) atoms. The SMILES string of the molecule is NC(=O)c1ccc(NC(=O)c2cccnc2C(F)(F)F)c(F)c1. The average molecular weight is 327 g/mol. The van der Waals surface area contributed by atoms with Gasteiger partial charge in [-0.1, -0.05) is 0 Å². The topological polar surface area (TPSA) is 85.1 Å². The Hall–Kier alpha value is -2.97. The van der Waals surface area contributed by atoms with Crippen molar-refractivity contribution in [3.63, 3.8) is 0 Å². The first-order valence-corrected chi connectivity index (χ1v) is 6.13. The van der Waals surface area contributed by atoms with Gasteiger partial charge in [0.15, 0.2) is 5.69 Å². The summed E-state index contributed by atoms with van der Waals surface area (Å²) in [6.45, 7) is 0. The number of anilines is 1. The van der Waals surface area contributed by atoms with Gasteiger partial charge in [-0.15, -0.1) is 0 Å². The van der Waals surface area contributed by atoms with Crippen LogP contribution in [-0.4, -0.2) is 16.8 Å². The van der Waals surface area contributed by atoms with Gasteiger partial charge < -0.3 is 11.1 Å². The molecule has 0 radical (unpaired) electrons. The van der Waals surface area contributed by atoms with Crippen LogP contribution in [0.3, 0.4) is 0 Å². The van der Waals surface area contributed by atoms with Crippen LogP contribution >= 0.6 is 0 Å². The largest absolute Gasteiger partial charge is 0.434 e. The molecule has 3 N–H and O–H groups in total. The van der Waals surface area contributed by atoms with E-state index in [-0.39, 0.29) is 5.56 Å². The fourth-order valence-corrected chi connectivity index (χ4v) is 1.77. The van der Waals surface area contributed by atoms with Gasteiger partial charge >= 0.3 is 6.18 Å². The Morgan fingerprint density at radius 1 is 1.17 bits per heavy atom. The summed E-state index contributed by atoms with van der Waals surface area (Å²) >= 11 is 0. The van der Waals surface area contributed by atoms with Gasteiger partial charge in [0.25, 0.3) is 5.91 Å². The number of benzene rings is 1. The first-order chi connectivity index (χ1) is 10.7. The maximum absolute atomic E-state index is 13.8. The number of rotatable bonds is 3. The van der Waals surface area contributed by atoms with Gasteiger partial charge in [-0.2, -0.15) is 13.2 Å². The minimum absolute atomic E-state index is 0.141. The van der Waals surface area contributed by atoms with Gasteiger partial charge in [-0.25, -0.2) is 4.39 Å². The van der Waals surface area contributed by atoms with Crippen molar-refractivity contribution in [1.29, 1.82) is 0 Å². The van der Waals surface area contributed by atoms with Crippen LogP contribution in [0.25, 0.3) is 0 Å². The summed E-state index contributed by atoms with van der Waals surface area (Å²) in [6, 6.07) is 5.00. The number of hydrogen-bond donors (Lipinski definition) is 2. The number of hydrogen-bond acceptors (Lipinski definition) is 3. The number of alkyl halides is 3. The minimum atomic E-state index is -4.83. The summed E-state index contributed by atoms with van der Waals surface area (Å²) in [5, 5.41) is 2.00. The van der Waals surface area contributed by atoms with Crippen LogP contribution in [0.15, 0.2) is 36.5 Å². The molecular formula is C14H9F4N3O2. The van der Waals surface area contributed by atoms with Crippen LogP contribution in [0, 0.1) is 5.82 Å². The molecule has 0 spiro atoms. The molecular weight excluding hydrogens is 318 g/mol. The number of aromatic nitrogens is 1. The fourth-order valence-electron chi connectivity index (χ4n) is 1.77. The normalized spacial score (nSPS) is 11.1. The van der Waals surface area contributed by atoms with Crippen molar-refractivity contribution in [3.8, 4) is 0 Å². The molecule has 120 valence electrons. The van der Waals surface area contributed by atoms with E-state index in [0.29, 0.717) is 0 Å². The molecule has 2 rings (SSSR count). The number of carbonyl (C=O) groups excluding carboxylic acids is 2. The zero-order valence-corrected chi connectivity index (χ0v) is 11.3. The highest BCUT2D eigenvalue weighted by atomic mass is 19.4. The summed E-state index contributed by atoms with van der Waals surface area (Å²) < 4.78 is 52.2. The lowest BCUT2D eigenvalue weighted by molar-refractivity contribution is -0.141. The molecule has 0 fully saturated rings. The van der Waals surface area contributed by atoms with Crippen molar-refractivity contribution < 1.29 is 27.2 Å². The van der Waals surface area contributed by atoms with Gasteiger partial charge in [0, 0.05) is 11.8 Å². The summed E-state index contributed by atoms with van der Waals surface area (Å²) in [5.74, 6) is -3.07. The highest BCUT2D eigenvalue weighted by molar-refractivity contribution is 6.05. The number of primary amides is 1. The van der Waals surface area contributed by atoms with Gasteiger partial charge in [0.05, 0.1) is 11.3 Å². The number of nitrogens with zero attached hydrogens (tertiary/aromatic N) is 1. The van der Waals surface area contributed by atoms with E-state index in [2.05, 4.69) is 4.98 Å². The maximum Gasteiger partial charge on any atom is 0.434 e. The Balaban J connectivity index is 2.32. The molecule has 0 aliphatic carbocycles. The minimum Gasteiger partial charge on any atom is -0.366 e. The first kappa shape index (κ1) is 16.4. The molecule has 0 aliphatic heterocycles. The quantitative estimate of drug-likeness (QED) is 0.850. The molecule has 1 heterocycles. The van der Waals surface area contributed by atoms with Crippen LogP contribution in [0.5, 0.6) is 0 Å². The Bertz CT molecular complexity index is 775. The second-order valence-electron chi connectivity index (χ2n) is 4.41. The highest BCUT2D eigenvalue weighted by Gasteiger charge is 2.37.